The maximum absolute atomic E-state index is 12.3. The van der Waals surface area contributed by atoms with Gasteiger partial charge in [-0.25, -0.2) is 9.52 Å². The van der Waals surface area contributed by atoms with Crippen molar-refractivity contribution in [1.29, 1.82) is 0 Å². The number of carbonyl (C=O) groups is 1. The minimum atomic E-state index is -3.79. The number of amides is 1. The molecule has 2 rings (SSSR count). The molecule has 116 valence electrons. The topological polar surface area (TPSA) is 87.7 Å². The van der Waals surface area contributed by atoms with Crippen molar-refractivity contribution in [3.63, 3.8) is 0 Å². The van der Waals surface area contributed by atoms with Crippen LogP contribution in [0.1, 0.15) is 32.6 Å². The van der Waals surface area contributed by atoms with Gasteiger partial charge < -0.3 is 10.1 Å². The van der Waals surface area contributed by atoms with Crippen LogP contribution in [0, 0.1) is 5.92 Å². The second-order valence-corrected chi connectivity index (χ2v) is 6.95. The average molecular weight is 305 g/mol. The number of nitrogens with zero attached hydrogens (tertiary/aromatic N) is 1. The van der Waals surface area contributed by atoms with Gasteiger partial charge in [-0.15, -0.1) is 0 Å². The van der Waals surface area contributed by atoms with Crippen LogP contribution in [0.15, 0.2) is 0 Å². The molecule has 1 saturated heterocycles. The number of piperidine rings is 1. The first-order valence-electron chi connectivity index (χ1n) is 7.20. The van der Waals surface area contributed by atoms with E-state index in [2.05, 4.69) is 10.1 Å². The van der Waals surface area contributed by atoms with Gasteiger partial charge in [0.25, 0.3) is 0 Å². The molecule has 0 aromatic heterocycles. The molecule has 1 amide bonds. The van der Waals surface area contributed by atoms with E-state index in [4.69, 9.17) is 0 Å². The summed E-state index contributed by atoms with van der Waals surface area (Å²) in [5, 5.41) is 3.26. The first kappa shape index (κ1) is 15.5. The highest BCUT2D eigenvalue weighted by atomic mass is 32.2. The number of carbonyl (C=O) groups excluding carboxylic acids is 1. The van der Waals surface area contributed by atoms with E-state index in [1.807, 2.05) is 4.72 Å². The van der Waals surface area contributed by atoms with Crippen LogP contribution >= 0.6 is 0 Å². The molecule has 2 N–H and O–H groups in total. The number of nitrogens with one attached hydrogen (secondary N) is 2. The van der Waals surface area contributed by atoms with E-state index in [0.29, 0.717) is 12.5 Å². The van der Waals surface area contributed by atoms with Crippen LogP contribution in [-0.4, -0.2) is 51.1 Å². The van der Waals surface area contributed by atoms with Gasteiger partial charge in [0.05, 0.1) is 6.61 Å². The van der Waals surface area contributed by atoms with Crippen LogP contribution in [0.25, 0.3) is 0 Å². The van der Waals surface area contributed by atoms with E-state index in [1.54, 1.807) is 6.92 Å². The third-order valence-corrected chi connectivity index (χ3v) is 5.14. The largest absolute Gasteiger partial charge is 0.449 e. The SMILES string of the molecule is CCOC(=O)NS(=O)(=O)N(CC1CCNCC1)C1CC1. The summed E-state index contributed by atoms with van der Waals surface area (Å²) in [6.07, 6.45) is 2.78. The first-order chi connectivity index (χ1) is 9.53. The van der Waals surface area contributed by atoms with Crippen LogP contribution in [0.5, 0.6) is 0 Å². The van der Waals surface area contributed by atoms with Crippen molar-refractivity contribution in [1.82, 2.24) is 14.3 Å². The van der Waals surface area contributed by atoms with E-state index >= 15 is 0 Å². The molecule has 2 fully saturated rings. The molecule has 0 bridgehead atoms. The molecule has 8 heteroatoms. The fourth-order valence-electron chi connectivity index (χ4n) is 2.45. The summed E-state index contributed by atoms with van der Waals surface area (Å²) in [7, 11) is -3.79. The summed E-state index contributed by atoms with van der Waals surface area (Å²) in [4.78, 5) is 11.3. The minimum absolute atomic E-state index is 0.0387. The molecule has 0 spiro atoms. The number of hydrogen-bond donors (Lipinski definition) is 2. The Morgan fingerprint density at radius 2 is 1.95 bits per heavy atom. The Morgan fingerprint density at radius 1 is 1.30 bits per heavy atom. The lowest BCUT2D eigenvalue weighted by Gasteiger charge is -2.29. The molecule has 0 atom stereocenters. The van der Waals surface area contributed by atoms with Crippen LogP contribution in [0.4, 0.5) is 4.79 Å². The predicted octanol–water partition coefficient (Wildman–Crippen LogP) is 0.441. The molecule has 20 heavy (non-hydrogen) atoms. The fourth-order valence-corrected chi connectivity index (χ4v) is 3.85. The predicted molar refractivity (Wildman–Crippen MR) is 74.4 cm³/mol. The first-order valence-corrected chi connectivity index (χ1v) is 8.64. The molecule has 0 radical (unpaired) electrons. The zero-order valence-electron chi connectivity index (χ0n) is 11.8. The fraction of sp³-hybridized carbons (Fsp3) is 0.917. The zero-order valence-corrected chi connectivity index (χ0v) is 12.6. The van der Waals surface area contributed by atoms with E-state index in [9.17, 15) is 13.2 Å². The van der Waals surface area contributed by atoms with Gasteiger partial charge >= 0.3 is 16.3 Å². The van der Waals surface area contributed by atoms with Crippen molar-refractivity contribution in [2.45, 2.75) is 38.6 Å². The summed E-state index contributed by atoms with van der Waals surface area (Å²) in [6, 6.07) is 0.0387. The Morgan fingerprint density at radius 3 is 2.50 bits per heavy atom. The monoisotopic (exact) mass is 305 g/mol. The third kappa shape index (κ3) is 4.32. The Hall–Kier alpha value is -0.860. The molecule has 1 heterocycles. The summed E-state index contributed by atoms with van der Waals surface area (Å²) in [6.45, 7) is 4.13. The van der Waals surface area contributed by atoms with Crippen molar-refractivity contribution in [3.05, 3.63) is 0 Å². The van der Waals surface area contributed by atoms with Gasteiger partial charge in [0, 0.05) is 12.6 Å². The standard InChI is InChI=1S/C12H23N3O4S/c1-2-19-12(16)14-20(17,18)15(11-3-4-11)9-10-5-7-13-8-6-10/h10-11,13H,2-9H2,1H3,(H,14,16). The highest BCUT2D eigenvalue weighted by Crippen LogP contribution is 2.30. The molecule has 2 aliphatic rings. The average Bonchev–Trinajstić information content (AvgIpc) is 3.21. The Labute approximate surface area is 120 Å². The highest BCUT2D eigenvalue weighted by molar-refractivity contribution is 7.87. The summed E-state index contributed by atoms with van der Waals surface area (Å²) < 4.78 is 32.6. The molecule has 0 aromatic carbocycles. The lowest BCUT2D eigenvalue weighted by molar-refractivity contribution is 0.157. The lowest BCUT2D eigenvalue weighted by atomic mass is 9.98. The summed E-state index contributed by atoms with van der Waals surface area (Å²) >= 11 is 0. The van der Waals surface area contributed by atoms with E-state index < -0.39 is 16.3 Å². The zero-order chi connectivity index (χ0) is 14.6. The molecule has 0 unspecified atom stereocenters. The van der Waals surface area contributed by atoms with E-state index in [0.717, 1.165) is 38.8 Å². The normalized spacial score (nSPS) is 20.9. The van der Waals surface area contributed by atoms with Gasteiger partial charge in [-0.05, 0) is 51.6 Å². The van der Waals surface area contributed by atoms with Gasteiger partial charge in [0.15, 0.2) is 0 Å². The summed E-state index contributed by atoms with van der Waals surface area (Å²) in [5.74, 6) is 0.357. The Bertz CT molecular complexity index is 430. The van der Waals surface area contributed by atoms with Gasteiger partial charge in [0.2, 0.25) is 0 Å². The molecular weight excluding hydrogens is 282 g/mol. The maximum Gasteiger partial charge on any atom is 0.421 e. The number of ether oxygens (including phenoxy) is 1. The van der Waals surface area contributed by atoms with Crippen molar-refractivity contribution >= 4 is 16.3 Å². The highest BCUT2D eigenvalue weighted by Gasteiger charge is 2.39. The van der Waals surface area contributed by atoms with Crippen LogP contribution in [-0.2, 0) is 14.9 Å². The van der Waals surface area contributed by atoms with Crippen LogP contribution < -0.4 is 10.0 Å². The molecule has 7 nitrogen and oxygen atoms in total. The van der Waals surface area contributed by atoms with Crippen molar-refractivity contribution in [2.24, 2.45) is 5.92 Å². The smallest absolute Gasteiger partial charge is 0.421 e. The second-order valence-electron chi connectivity index (χ2n) is 5.32. The van der Waals surface area contributed by atoms with Gasteiger partial charge in [-0.3, -0.25) is 0 Å². The van der Waals surface area contributed by atoms with Crippen molar-refractivity contribution in [2.75, 3.05) is 26.2 Å². The van der Waals surface area contributed by atoms with Crippen molar-refractivity contribution in [3.8, 4) is 0 Å². The maximum atomic E-state index is 12.3. The molecule has 1 aliphatic heterocycles. The third-order valence-electron chi connectivity index (χ3n) is 3.65. The van der Waals surface area contributed by atoms with Crippen molar-refractivity contribution < 1.29 is 17.9 Å². The minimum Gasteiger partial charge on any atom is -0.449 e. The molecule has 1 aliphatic carbocycles. The van der Waals surface area contributed by atoms with Gasteiger partial charge in [-0.1, -0.05) is 0 Å². The quantitative estimate of drug-likeness (QED) is 0.743. The molecule has 0 aromatic rings. The van der Waals surface area contributed by atoms with E-state index in [1.165, 1.54) is 4.31 Å². The summed E-state index contributed by atoms with van der Waals surface area (Å²) in [5.41, 5.74) is 0. The Kier molecular flexibility index (Phi) is 5.22. The molecular formula is C12H23N3O4S. The second kappa shape index (κ2) is 6.73. The number of rotatable bonds is 6. The van der Waals surface area contributed by atoms with E-state index in [-0.39, 0.29) is 12.6 Å². The Balaban J connectivity index is 1.97. The number of hydrogen-bond acceptors (Lipinski definition) is 5. The van der Waals surface area contributed by atoms with Crippen LogP contribution in [0.2, 0.25) is 0 Å². The lowest BCUT2D eigenvalue weighted by Crippen LogP contribution is -2.47. The van der Waals surface area contributed by atoms with Crippen LogP contribution in [0.3, 0.4) is 0 Å². The molecule has 1 saturated carbocycles. The van der Waals surface area contributed by atoms with Gasteiger partial charge in [0.1, 0.15) is 0 Å². The van der Waals surface area contributed by atoms with Gasteiger partial charge in [-0.2, -0.15) is 12.7 Å².